The summed E-state index contributed by atoms with van der Waals surface area (Å²) in [7, 11) is 1.32. The van der Waals surface area contributed by atoms with Gasteiger partial charge in [-0.3, -0.25) is 9.78 Å². The van der Waals surface area contributed by atoms with Crippen molar-refractivity contribution >= 4 is 12.0 Å². The molecule has 0 aliphatic rings. The summed E-state index contributed by atoms with van der Waals surface area (Å²) < 4.78 is 6.28. The van der Waals surface area contributed by atoms with Crippen LogP contribution in [0.3, 0.4) is 0 Å². The van der Waals surface area contributed by atoms with E-state index in [1.807, 2.05) is 57.2 Å². The Labute approximate surface area is 175 Å². The smallest absolute Gasteiger partial charge is 0.407 e. The maximum atomic E-state index is 12.7. The summed E-state index contributed by atoms with van der Waals surface area (Å²) >= 11 is 0. The number of methoxy groups -OCH3 is 1. The van der Waals surface area contributed by atoms with E-state index in [0.717, 1.165) is 22.5 Å². The summed E-state index contributed by atoms with van der Waals surface area (Å²) in [5.41, 5.74) is 3.25. The maximum Gasteiger partial charge on any atom is 0.407 e. The molecule has 0 aliphatic heterocycles. The van der Waals surface area contributed by atoms with Crippen molar-refractivity contribution < 1.29 is 14.3 Å². The lowest BCUT2D eigenvalue weighted by Crippen LogP contribution is -2.40. The molecule has 0 spiro atoms. The number of nitrogens with one attached hydrogen (secondary N) is 2. The number of pyridine rings is 1. The van der Waals surface area contributed by atoms with E-state index in [1.165, 1.54) is 7.11 Å². The first-order valence-electron chi connectivity index (χ1n) is 9.51. The molecule has 0 atom stereocenters. The lowest BCUT2D eigenvalue weighted by molar-refractivity contribution is 0.0914. The Morgan fingerprint density at radius 3 is 2.47 bits per heavy atom. The molecule has 0 saturated carbocycles. The van der Waals surface area contributed by atoms with Crippen LogP contribution >= 0.6 is 0 Å². The molecule has 8 heteroatoms. The van der Waals surface area contributed by atoms with E-state index in [2.05, 4.69) is 25.5 Å². The number of alkyl carbamates (subject to hydrolysis) is 1. The number of rotatable bonds is 5. The van der Waals surface area contributed by atoms with E-state index in [1.54, 1.807) is 23.1 Å². The van der Waals surface area contributed by atoms with Crippen LogP contribution in [0.5, 0.6) is 0 Å². The average Bonchev–Trinajstić information content (AvgIpc) is 3.17. The van der Waals surface area contributed by atoms with Crippen LogP contribution in [0.4, 0.5) is 4.79 Å². The normalized spacial score (nSPS) is 11.1. The van der Waals surface area contributed by atoms with E-state index >= 15 is 0 Å². The number of nitrogens with zero attached hydrogens (tertiary/aromatic N) is 3. The van der Waals surface area contributed by atoms with Gasteiger partial charge in [-0.2, -0.15) is 5.10 Å². The largest absolute Gasteiger partial charge is 0.453 e. The number of hydrogen-bond donors (Lipinski definition) is 2. The maximum absolute atomic E-state index is 12.7. The molecule has 3 rings (SSSR count). The Morgan fingerprint density at radius 1 is 1.13 bits per heavy atom. The van der Waals surface area contributed by atoms with Crippen molar-refractivity contribution in [3.05, 3.63) is 66.1 Å². The molecule has 2 heterocycles. The first kappa shape index (κ1) is 21.0. The third kappa shape index (κ3) is 5.22. The van der Waals surface area contributed by atoms with Crippen molar-refractivity contribution in [2.24, 2.45) is 0 Å². The molecule has 30 heavy (non-hydrogen) atoms. The minimum Gasteiger partial charge on any atom is -0.453 e. The minimum atomic E-state index is -0.483. The fraction of sp³-hybridized carbons (Fsp3) is 0.273. The molecule has 0 unspecified atom stereocenters. The van der Waals surface area contributed by atoms with E-state index in [4.69, 9.17) is 0 Å². The van der Waals surface area contributed by atoms with Crippen molar-refractivity contribution in [1.29, 1.82) is 0 Å². The lowest BCUT2D eigenvalue weighted by Gasteiger charge is -2.19. The summed E-state index contributed by atoms with van der Waals surface area (Å²) in [5, 5.41) is 10.1. The van der Waals surface area contributed by atoms with Crippen molar-refractivity contribution in [2.75, 3.05) is 7.11 Å². The molecule has 0 bridgehead atoms. The Hall–Kier alpha value is -3.68. The zero-order valence-corrected chi connectivity index (χ0v) is 17.5. The molecule has 8 nitrogen and oxygen atoms in total. The molecule has 2 N–H and O–H groups in total. The third-order valence-corrected chi connectivity index (χ3v) is 4.19. The molecule has 3 aromatic rings. The molecule has 0 saturated heterocycles. The molecule has 0 aliphatic carbocycles. The lowest BCUT2D eigenvalue weighted by atomic mass is 10.1. The number of carbonyl (C=O) groups excluding carboxylic acids is 2. The average molecular weight is 407 g/mol. The second-order valence-corrected chi connectivity index (χ2v) is 7.78. The van der Waals surface area contributed by atoms with Crippen LogP contribution in [0.1, 0.15) is 36.8 Å². The second kappa shape index (κ2) is 8.77. The predicted molar refractivity (Wildman–Crippen MR) is 113 cm³/mol. The number of amides is 2. The third-order valence-electron chi connectivity index (χ3n) is 4.19. The molecule has 156 valence electrons. The van der Waals surface area contributed by atoms with Crippen LogP contribution in [-0.4, -0.2) is 39.4 Å². The van der Waals surface area contributed by atoms with Crippen LogP contribution in [0.25, 0.3) is 16.9 Å². The van der Waals surface area contributed by atoms with Gasteiger partial charge in [0, 0.05) is 23.8 Å². The van der Waals surface area contributed by atoms with Crippen LogP contribution in [0.2, 0.25) is 0 Å². The fourth-order valence-corrected chi connectivity index (χ4v) is 2.82. The van der Waals surface area contributed by atoms with Gasteiger partial charge < -0.3 is 15.4 Å². The van der Waals surface area contributed by atoms with Crippen molar-refractivity contribution in [1.82, 2.24) is 25.4 Å². The Bertz CT molecular complexity index is 1020. The summed E-state index contributed by atoms with van der Waals surface area (Å²) in [6.07, 6.45) is 2.89. The van der Waals surface area contributed by atoms with Gasteiger partial charge >= 0.3 is 6.09 Å². The Morgan fingerprint density at radius 2 is 1.87 bits per heavy atom. The topological polar surface area (TPSA) is 98.1 Å². The molecular weight excluding hydrogens is 382 g/mol. The van der Waals surface area contributed by atoms with Crippen molar-refractivity contribution in [2.45, 2.75) is 32.9 Å². The van der Waals surface area contributed by atoms with Gasteiger partial charge in [0.2, 0.25) is 0 Å². The van der Waals surface area contributed by atoms with E-state index in [-0.39, 0.29) is 11.4 Å². The number of benzene rings is 1. The summed E-state index contributed by atoms with van der Waals surface area (Å²) in [6.45, 7) is 6.12. The number of aromatic nitrogens is 3. The van der Waals surface area contributed by atoms with Crippen molar-refractivity contribution in [3.8, 4) is 16.9 Å². The second-order valence-electron chi connectivity index (χ2n) is 7.78. The monoisotopic (exact) mass is 407 g/mol. The minimum absolute atomic E-state index is 0.245. The highest BCUT2D eigenvalue weighted by atomic mass is 16.5. The molecule has 1 aromatic carbocycles. The molecular formula is C22H25N5O3. The number of carbonyl (C=O) groups is 2. The van der Waals surface area contributed by atoms with E-state index in [9.17, 15) is 9.59 Å². The van der Waals surface area contributed by atoms with Crippen LogP contribution in [0, 0.1) is 0 Å². The summed E-state index contributed by atoms with van der Waals surface area (Å²) in [5.74, 6) is -0.245. The highest BCUT2D eigenvalue weighted by Gasteiger charge is 2.20. The van der Waals surface area contributed by atoms with Gasteiger partial charge in [0.1, 0.15) is 0 Å². The Kier molecular flexibility index (Phi) is 6.15. The fourth-order valence-electron chi connectivity index (χ4n) is 2.82. The van der Waals surface area contributed by atoms with Crippen LogP contribution < -0.4 is 10.6 Å². The first-order chi connectivity index (χ1) is 14.3. The SMILES string of the molecule is COC(=O)NCc1ccc(-c2cc(C(=O)NC(C)(C)C)nn2-c2cccnc2)cc1. The van der Waals surface area contributed by atoms with Gasteiger partial charge in [0.15, 0.2) is 5.69 Å². The van der Waals surface area contributed by atoms with E-state index < -0.39 is 6.09 Å². The van der Waals surface area contributed by atoms with E-state index in [0.29, 0.717) is 12.2 Å². The molecule has 2 aromatic heterocycles. The zero-order chi connectivity index (χ0) is 21.7. The van der Waals surface area contributed by atoms with Crippen molar-refractivity contribution in [3.63, 3.8) is 0 Å². The quantitative estimate of drug-likeness (QED) is 0.676. The zero-order valence-electron chi connectivity index (χ0n) is 17.5. The van der Waals surface area contributed by atoms with Gasteiger partial charge in [-0.25, -0.2) is 9.48 Å². The molecule has 0 radical (unpaired) electrons. The van der Waals surface area contributed by atoms with Crippen LogP contribution in [-0.2, 0) is 11.3 Å². The van der Waals surface area contributed by atoms with Gasteiger partial charge in [0.25, 0.3) is 5.91 Å². The highest BCUT2D eigenvalue weighted by Crippen LogP contribution is 2.24. The van der Waals surface area contributed by atoms with Crippen LogP contribution in [0.15, 0.2) is 54.9 Å². The summed E-state index contributed by atoms with van der Waals surface area (Å²) in [4.78, 5) is 28.1. The standard InChI is InChI=1S/C22H25N5O3/c1-22(2,3)25-20(28)18-12-19(27(26-18)17-6-5-11-23-14-17)16-9-7-15(8-10-16)13-24-21(29)30-4/h5-12,14H,13H2,1-4H3,(H,24,29)(H,25,28). The highest BCUT2D eigenvalue weighted by molar-refractivity contribution is 5.94. The predicted octanol–water partition coefficient (Wildman–Crippen LogP) is 3.32. The molecule has 0 fully saturated rings. The number of ether oxygens (including phenoxy) is 1. The summed E-state index contributed by atoms with van der Waals surface area (Å²) in [6, 6.07) is 13.1. The van der Waals surface area contributed by atoms with Gasteiger partial charge in [-0.05, 0) is 44.5 Å². The first-order valence-corrected chi connectivity index (χ1v) is 9.51. The Balaban J connectivity index is 1.94. The van der Waals surface area contributed by atoms with Gasteiger partial charge in [0.05, 0.1) is 24.7 Å². The molecule has 2 amide bonds. The van der Waals surface area contributed by atoms with Gasteiger partial charge in [-0.15, -0.1) is 0 Å². The van der Waals surface area contributed by atoms with Gasteiger partial charge in [-0.1, -0.05) is 24.3 Å². The number of hydrogen-bond acceptors (Lipinski definition) is 5.